The molecule has 3 aromatic rings. The molecule has 0 radical (unpaired) electrons. The Bertz CT molecular complexity index is 1350. The van der Waals surface area contributed by atoms with Crippen LogP contribution in [0.3, 0.4) is 0 Å². The number of aromatic nitrogens is 2. The van der Waals surface area contributed by atoms with E-state index in [0.29, 0.717) is 28.4 Å². The summed E-state index contributed by atoms with van der Waals surface area (Å²) in [5.41, 5.74) is 0.0235. The molecular weight excluding hydrogens is 452 g/mol. The number of hydrogen-bond donors (Lipinski definition) is 0. The van der Waals surface area contributed by atoms with Gasteiger partial charge in [-0.05, 0) is 37.1 Å². The van der Waals surface area contributed by atoms with E-state index in [4.69, 9.17) is 14.0 Å². The number of nitrogens with zero attached hydrogens (tertiary/aromatic N) is 4. The normalized spacial score (nSPS) is 21.1. The number of ether oxygens (including phenoxy) is 2. The minimum atomic E-state index is -1.51. The molecule has 0 bridgehead atoms. The van der Waals surface area contributed by atoms with E-state index < -0.39 is 11.6 Å². The van der Waals surface area contributed by atoms with Gasteiger partial charge in [0, 0.05) is 24.4 Å². The van der Waals surface area contributed by atoms with E-state index in [1.165, 1.54) is 4.90 Å². The van der Waals surface area contributed by atoms with Crippen molar-refractivity contribution in [1.82, 2.24) is 15.0 Å². The minimum absolute atomic E-state index is 0.101. The molecule has 1 unspecified atom stereocenters. The fourth-order valence-electron chi connectivity index (χ4n) is 4.95. The van der Waals surface area contributed by atoms with E-state index in [-0.39, 0.29) is 43.2 Å². The van der Waals surface area contributed by atoms with Crippen molar-refractivity contribution in [3.8, 4) is 17.1 Å². The predicted molar refractivity (Wildman–Crippen MR) is 121 cm³/mol. The van der Waals surface area contributed by atoms with Crippen LogP contribution < -0.4 is 9.64 Å². The number of esters is 1. The van der Waals surface area contributed by atoms with Crippen LogP contribution in [0.4, 0.5) is 5.69 Å². The molecular formula is C25H22N4O6. The zero-order valence-corrected chi connectivity index (χ0v) is 19.0. The first-order valence-corrected chi connectivity index (χ1v) is 11.4. The van der Waals surface area contributed by atoms with Gasteiger partial charge in [0.1, 0.15) is 5.75 Å². The second kappa shape index (κ2) is 7.93. The Morgan fingerprint density at radius 3 is 2.80 bits per heavy atom. The van der Waals surface area contributed by atoms with Gasteiger partial charge in [-0.3, -0.25) is 14.5 Å². The summed E-state index contributed by atoms with van der Waals surface area (Å²) in [6.07, 6.45) is 1.86. The Balaban J connectivity index is 1.29. The molecule has 10 heteroatoms. The van der Waals surface area contributed by atoms with Crippen molar-refractivity contribution >= 4 is 23.5 Å². The molecule has 1 saturated carbocycles. The summed E-state index contributed by atoms with van der Waals surface area (Å²) in [4.78, 5) is 47.4. The van der Waals surface area contributed by atoms with E-state index in [1.54, 1.807) is 54.5 Å². The molecule has 10 nitrogen and oxygen atoms in total. The van der Waals surface area contributed by atoms with Crippen molar-refractivity contribution in [2.45, 2.75) is 44.0 Å². The summed E-state index contributed by atoms with van der Waals surface area (Å²) >= 11 is 0. The summed E-state index contributed by atoms with van der Waals surface area (Å²) in [6.45, 7) is -0.284. The Morgan fingerprint density at radius 1 is 1.17 bits per heavy atom. The largest absolute Gasteiger partial charge is 0.497 e. The van der Waals surface area contributed by atoms with Crippen molar-refractivity contribution < 1.29 is 28.4 Å². The molecule has 2 amide bonds. The SMILES string of the molecule is COc1cccc(-c2noc(COC(=O)C34CCC(=O)N3c3ccccc3C(=O)N4C3CC3)n2)c1. The second-order valence-corrected chi connectivity index (χ2v) is 8.79. The molecule has 6 rings (SSSR count). The van der Waals surface area contributed by atoms with Crippen molar-refractivity contribution in [1.29, 1.82) is 0 Å². The maximum atomic E-state index is 13.7. The van der Waals surface area contributed by atoms with Crippen molar-refractivity contribution in [2.24, 2.45) is 0 Å². The zero-order chi connectivity index (χ0) is 24.2. The molecule has 3 heterocycles. The first-order valence-electron chi connectivity index (χ1n) is 11.4. The van der Waals surface area contributed by atoms with Crippen molar-refractivity contribution in [2.75, 3.05) is 12.0 Å². The number of anilines is 1. The molecule has 178 valence electrons. The zero-order valence-electron chi connectivity index (χ0n) is 19.0. The summed E-state index contributed by atoms with van der Waals surface area (Å²) in [6, 6.07) is 14.0. The quantitative estimate of drug-likeness (QED) is 0.501. The molecule has 0 N–H and O–H groups in total. The minimum Gasteiger partial charge on any atom is -0.497 e. The van der Waals surface area contributed by atoms with E-state index in [2.05, 4.69) is 10.1 Å². The van der Waals surface area contributed by atoms with Gasteiger partial charge in [-0.15, -0.1) is 0 Å². The highest BCUT2D eigenvalue weighted by atomic mass is 16.6. The average molecular weight is 474 g/mol. The molecule has 2 fully saturated rings. The average Bonchev–Trinajstić information content (AvgIpc) is 3.49. The van der Waals surface area contributed by atoms with Gasteiger partial charge in [0.15, 0.2) is 6.61 Å². The third-order valence-electron chi connectivity index (χ3n) is 6.66. The lowest BCUT2D eigenvalue weighted by Gasteiger charge is -2.48. The second-order valence-electron chi connectivity index (χ2n) is 8.79. The Kier molecular flexibility index (Phi) is 4.84. The molecule has 2 aromatic carbocycles. The number of carbonyl (C=O) groups is 3. The van der Waals surface area contributed by atoms with Gasteiger partial charge in [0.25, 0.3) is 11.8 Å². The van der Waals surface area contributed by atoms with Crippen LogP contribution in [0.15, 0.2) is 53.1 Å². The van der Waals surface area contributed by atoms with Crippen molar-refractivity contribution in [3.05, 3.63) is 60.0 Å². The van der Waals surface area contributed by atoms with Gasteiger partial charge < -0.3 is 18.9 Å². The van der Waals surface area contributed by atoms with E-state index in [9.17, 15) is 14.4 Å². The van der Waals surface area contributed by atoms with Gasteiger partial charge in [0.05, 0.1) is 18.4 Å². The number of rotatable bonds is 6. The lowest BCUT2D eigenvalue weighted by molar-refractivity contribution is -0.159. The van der Waals surface area contributed by atoms with Crippen LogP contribution in [0.1, 0.15) is 41.9 Å². The van der Waals surface area contributed by atoms with E-state index in [1.807, 2.05) is 6.07 Å². The maximum Gasteiger partial charge on any atom is 0.354 e. The molecule has 3 aliphatic rings. The smallest absolute Gasteiger partial charge is 0.354 e. The fraction of sp³-hybridized carbons (Fsp3) is 0.320. The Hall–Kier alpha value is -4.21. The lowest BCUT2D eigenvalue weighted by atomic mass is 9.96. The Labute approximate surface area is 200 Å². The van der Waals surface area contributed by atoms with E-state index in [0.717, 1.165) is 12.8 Å². The van der Waals surface area contributed by atoms with Crippen LogP contribution in [0.25, 0.3) is 11.4 Å². The Morgan fingerprint density at radius 2 is 2.00 bits per heavy atom. The molecule has 1 aliphatic carbocycles. The van der Waals surface area contributed by atoms with Gasteiger partial charge in [0.2, 0.25) is 17.4 Å². The monoisotopic (exact) mass is 474 g/mol. The molecule has 1 atom stereocenters. The number of hydrogen-bond acceptors (Lipinski definition) is 8. The van der Waals surface area contributed by atoms with E-state index >= 15 is 0 Å². The maximum absolute atomic E-state index is 13.7. The predicted octanol–water partition coefficient (Wildman–Crippen LogP) is 2.93. The summed E-state index contributed by atoms with van der Waals surface area (Å²) in [7, 11) is 1.57. The topological polar surface area (TPSA) is 115 Å². The fourth-order valence-corrected chi connectivity index (χ4v) is 4.95. The van der Waals surface area contributed by atoms with Crippen LogP contribution in [0.2, 0.25) is 0 Å². The summed E-state index contributed by atoms with van der Waals surface area (Å²) < 4.78 is 16.1. The molecule has 1 saturated heterocycles. The number of benzene rings is 2. The number of amides is 2. The first-order chi connectivity index (χ1) is 17.0. The third kappa shape index (κ3) is 3.28. The highest BCUT2D eigenvalue weighted by molar-refractivity contribution is 6.15. The summed E-state index contributed by atoms with van der Waals surface area (Å²) in [5, 5.41) is 3.96. The third-order valence-corrected chi connectivity index (χ3v) is 6.66. The van der Waals surface area contributed by atoms with Crippen LogP contribution >= 0.6 is 0 Å². The highest BCUT2D eigenvalue weighted by Crippen LogP contribution is 2.49. The first kappa shape index (κ1) is 21.3. The van der Waals surface area contributed by atoms with Gasteiger partial charge in [-0.1, -0.05) is 29.4 Å². The standard InChI is InChI=1S/C25H22N4O6/c1-33-17-6-4-5-15(13-17)22-26-20(35-27-22)14-34-24(32)25-12-11-21(30)29(25)19-8-3-2-7-18(19)23(31)28(25)16-9-10-16/h2-8,13,16H,9-12,14H2,1H3. The van der Waals surface area contributed by atoms with Crippen LogP contribution in [0.5, 0.6) is 5.75 Å². The molecule has 1 aromatic heterocycles. The molecule has 0 spiro atoms. The number of carbonyl (C=O) groups excluding carboxylic acids is 3. The number of fused-ring (bicyclic) bond motifs is 3. The van der Waals surface area contributed by atoms with Crippen LogP contribution in [0, 0.1) is 0 Å². The molecule has 35 heavy (non-hydrogen) atoms. The van der Waals surface area contributed by atoms with Crippen LogP contribution in [-0.4, -0.2) is 51.6 Å². The number of methoxy groups -OCH3 is 1. The highest BCUT2D eigenvalue weighted by Gasteiger charge is 2.64. The van der Waals surface area contributed by atoms with Gasteiger partial charge in [-0.25, -0.2) is 4.79 Å². The molecule has 2 aliphatic heterocycles. The van der Waals surface area contributed by atoms with Gasteiger partial charge in [-0.2, -0.15) is 4.98 Å². The number of para-hydroxylation sites is 1. The van der Waals surface area contributed by atoms with Gasteiger partial charge >= 0.3 is 5.97 Å². The summed E-state index contributed by atoms with van der Waals surface area (Å²) in [5.74, 6) is -0.0853. The van der Waals surface area contributed by atoms with Crippen LogP contribution in [-0.2, 0) is 20.9 Å². The van der Waals surface area contributed by atoms with Crippen molar-refractivity contribution in [3.63, 3.8) is 0 Å². The lowest BCUT2D eigenvalue weighted by Crippen LogP contribution is -2.69.